The molecule has 1 aliphatic rings. The Bertz CT molecular complexity index is 1170. The topological polar surface area (TPSA) is 101 Å². The summed E-state index contributed by atoms with van der Waals surface area (Å²) in [6.45, 7) is 1.20. The summed E-state index contributed by atoms with van der Waals surface area (Å²) in [4.78, 5) is 43.7. The van der Waals surface area contributed by atoms with E-state index in [9.17, 15) is 14.4 Å². The molecular weight excluding hydrogens is 464 g/mol. The van der Waals surface area contributed by atoms with Crippen LogP contribution in [0.15, 0.2) is 60.0 Å². The molecule has 0 spiro atoms. The maximum atomic E-state index is 12.7. The molecule has 3 amide bonds. The third kappa shape index (κ3) is 6.66. The molecule has 1 saturated heterocycles. The van der Waals surface area contributed by atoms with Gasteiger partial charge in [0.2, 0.25) is 11.8 Å². The van der Waals surface area contributed by atoms with E-state index in [1.54, 1.807) is 36.8 Å². The van der Waals surface area contributed by atoms with Crippen LogP contribution in [-0.4, -0.2) is 53.8 Å². The number of para-hydroxylation sites is 1. The molecule has 2 heterocycles. The minimum atomic E-state index is -0.233. The lowest BCUT2D eigenvalue weighted by atomic mass is 10.0. The SMILES string of the molecule is COc1ccccc1CC(=O)N1CCC(NC(=O)Cc2csc(NC(=O)c3ccccc3)n2)CC1. The number of aromatic nitrogens is 1. The first-order chi connectivity index (χ1) is 17.0. The van der Waals surface area contributed by atoms with E-state index in [4.69, 9.17) is 4.74 Å². The molecule has 0 atom stereocenters. The highest BCUT2D eigenvalue weighted by atomic mass is 32.1. The van der Waals surface area contributed by atoms with Crippen molar-refractivity contribution in [2.45, 2.75) is 31.7 Å². The number of anilines is 1. The minimum Gasteiger partial charge on any atom is -0.496 e. The van der Waals surface area contributed by atoms with Crippen LogP contribution in [-0.2, 0) is 22.4 Å². The molecule has 8 nitrogen and oxygen atoms in total. The summed E-state index contributed by atoms with van der Waals surface area (Å²) in [5, 5.41) is 8.05. The number of hydrogen-bond acceptors (Lipinski definition) is 6. The van der Waals surface area contributed by atoms with Crippen LogP contribution in [0.25, 0.3) is 0 Å². The monoisotopic (exact) mass is 492 g/mol. The van der Waals surface area contributed by atoms with Crippen LogP contribution >= 0.6 is 11.3 Å². The van der Waals surface area contributed by atoms with E-state index in [1.807, 2.05) is 35.2 Å². The molecule has 4 rings (SSSR count). The lowest BCUT2D eigenvalue weighted by Crippen LogP contribution is -2.47. The number of nitrogens with one attached hydrogen (secondary N) is 2. The molecular formula is C26H28N4O4S. The number of carbonyl (C=O) groups excluding carboxylic acids is 3. The third-order valence-corrected chi connectivity index (χ3v) is 6.70. The number of hydrogen-bond donors (Lipinski definition) is 2. The predicted molar refractivity (Wildman–Crippen MR) is 135 cm³/mol. The first-order valence-electron chi connectivity index (χ1n) is 11.5. The number of piperidine rings is 1. The highest BCUT2D eigenvalue weighted by Gasteiger charge is 2.24. The van der Waals surface area contributed by atoms with Gasteiger partial charge in [0.15, 0.2) is 5.13 Å². The van der Waals surface area contributed by atoms with Crippen molar-refractivity contribution in [2.24, 2.45) is 0 Å². The van der Waals surface area contributed by atoms with Gasteiger partial charge in [0.25, 0.3) is 5.91 Å². The van der Waals surface area contributed by atoms with Gasteiger partial charge in [-0.1, -0.05) is 36.4 Å². The highest BCUT2D eigenvalue weighted by molar-refractivity contribution is 7.14. The Morgan fingerprint density at radius 3 is 2.49 bits per heavy atom. The minimum absolute atomic E-state index is 0.0219. The summed E-state index contributed by atoms with van der Waals surface area (Å²) >= 11 is 1.29. The zero-order valence-electron chi connectivity index (χ0n) is 19.5. The van der Waals surface area contributed by atoms with Crippen LogP contribution in [0.1, 0.15) is 34.5 Å². The first kappa shape index (κ1) is 24.4. The van der Waals surface area contributed by atoms with Gasteiger partial charge in [-0.05, 0) is 31.0 Å². The molecule has 9 heteroatoms. The van der Waals surface area contributed by atoms with Crippen molar-refractivity contribution in [3.8, 4) is 5.75 Å². The molecule has 0 unspecified atom stereocenters. The fourth-order valence-electron chi connectivity index (χ4n) is 4.04. The Hall–Kier alpha value is -3.72. The first-order valence-corrected chi connectivity index (χ1v) is 12.4. The molecule has 1 aromatic heterocycles. The molecule has 0 radical (unpaired) electrons. The van der Waals surface area contributed by atoms with Gasteiger partial charge < -0.3 is 15.0 Å². The Kier molecular flexibility index (Phi) is 8.10. The lowest BCUT2D eigenvalue weighted by Gasteiger charge is -2.32. The summed E-state index contributed by atoms with van der Waals surface area (Å²) < 4.78 is 5.34. The number of benzene rings is 2. The summed E-state index contributed by atoms with van der Waals surface area (Å²) in [7, 11) is 1.60. The van der Waals surface area contributed by atoms with Crippen molar-refractivity contribution in [3.05, 3.63) is 76.8 Å². The Balaban J connectivity index is 1.21. The summed E-state index contributed by atoms with van der Waals surface area (Å²) in [6, 6.07) is 16.5. The Morgan fingerprint density at radius 2 is 1.74 bits per heavy atom. The lowest BCUT2D eigenvalue weighted by molar-refractivity contribution is -0.131. The van der Waals surface area contributed by atoms with E-state index in [1.165, 1.54) is 11.3 Å². The van der Waals surface area contributed by atoms with Gasteiger partial charge in [-0.2, -0.15) is 0 Å². The largest absolute Gasteiger partial charge is 0.496 e. The molecule has 182 valence electrons. The fourth-order valence-corrected chi connectivity index (χ4v) is 4.75. The molecule has 35 heavy (non-hydrogen) atoms. The Morgan fingerprint density at radius 1 is 1.03 bits per heavy atom. The third-order valence-electron chi connectivity index (χ3n) is 5.90. The number of ether oxygens (including phenoxy) is 1. The van der Waals surface area contributed by atoms with E-state index >= 15 is 0 Å². The molecule has 0 aliphatic carbocycles. The van der Waals surface area contributed by atoms with Crippen LogP contribution in [0.4, 0.5) is 5.13 Å². The van der Waals surface area contributed by atoms with Crippen LogP contribution in [0.2, 0.25) is 0 Å². The van der Waals surface area contributed by atoms with E-state index < -0.39 is 0 Å². The van der Waals surface area contributed by atoms with Crippen molar-refractivity contribution >= 4 is 34.2 Å². The fraction of sp³-hybridized carbons (Fsp3) is 0.308. The molecule has 0 bridgehead atoms. The van der Waals surface area contributed by atoms with E-state index in [0.717, 1.165) is 5.56 Å². The Labute approximate surface area is 208 Å². The standard InChI is InChI=1S/C26H28N4O4S/c1-34-22-10-6-5-9-19(22)15-24(32)30-13-11-20(12-14-30)27-23(31)16-21-17-35-26(28-21)29-25(33)18-7-3-2-4-8-18/h2-10,17,20H,11-16H2,1H3,(H,27,31)(H,28,29,33). The smallest absolute Gasteiger partial charge is 0.257 e. The quantitative estimate of drug-likeness (QED) is 0.503. The van der Waals surface area contributed by atoms with E-state index in [0.29, 0.717) is 54.5 Å². The van der Waals surface area contributed by atoms with E-state index in [2.05, 4.69) is 15.6 Å². The maximum Gasteiger partial charge on any atom is 0.257 e. The van der Waals surface area contributed by atoms with Gasteiger partial charge in [0, 0.05) is 35.6 Å². The summed E-state index contributed by atoms with van der Waals surface area (Å²) in [5.74, 6) is 0.428. The molecule has 1 aliphatic heterocycles. The van der Waals surface area contributed by atoms with Crippen molar-refractivity contribution in [1.29, 1.82) is 0 Å². The number of methoxy groups -OCH3 is 1. The number of nitrogens with zero attached hydrogens (tertiary/aromatic N) is 2. The zero-order valence-corrected chi connectivity index (χ0v) is 20.3. The van der Waals surface area contributed by atoms with Gasteiger partial charge >= 0.3 is 0 Å². The van der Waals surface area contributed by atoms with Crippen molar-refractivity contribution in [2.75, 3.05) is 25.5 Å². The number of amides is 3. The van der Waals surface area contributed by atoms with Gasteiger partial charge in [-0.25, -0.2) is 4.98 Å². The average Bonchev–Trinajstić information content (AvgIpc) is 3.31. The van der Waals surface area contributed by atoms with Crippen LogP contribution in [0, 0.1) is 0 Å². The molecule has 1 fully saturated rings. The van der Waals surface area contributed by atoms with Gasteiger partial charge in [-0.3, -0.25) is 19.7 Å². The second-order valence-electron chi connectivity index (χ2n) is 8.35. The summed E-state index contributed by atoms with van der Waals surface area (Å²) in [6.07, 6.45) is 1.86. The van der Waals surface area contributed by atoms with Crippen LogP contribution in [0.3, 0.4) is 0 Å². The normalized spacial score (nSPS) is 13.8. The van der Waals surface area contributed by atoms with Crippen molar-refractivity contribution in [3.63, 3.8) is 0 Å². The summed E-state index contributed by atoms with van der Waals surface area (Å²) in [5.41, 5.74) is 2.04. The van der Waals surface area contributed by atoms with Crippen molar-refractivity contribution < 1.29 is 19.1 Å². The highest BCUT2D eigenvalue weighted by Crippen LogP contribution is 2.20. The maximum absolute atomic E-state index is 12.7. The second-order valence-corrected chi connectivity index (χ2v) is 9.21. The average molecular weight is 493 g/mol. The van der Waals surface area contributed by atoms with E-state index in [-0.39, 0.29) is 30.2 Å². The van der Waals surface area contributed by atoms with Gasteiger partial charge in [0.1, 0.15) is 5.75 Å². The zero-order chi connectivity index (χ0) is 24.6. The predicted octanol–water partition coefficient (Wildman–Crippen LogP) is 3.30. The molecule has 2 aromatic carbocycles. The number of carbonyl (C=O) groups is 3. The van der Waals surface area contributed by atoms with Gasteiger partial charge in [0.05, 0.1) is 25.6 Å². The molecule has 0 saturated carbocycles. The number of rotatable bonds is 8. The second kappa shape index (κ2) is 11.6. The van der Waals surface area contributed by atoms with Crippen LogP contribution in [0.5, 0.6) is 5.75 Å². The molecule has 2 N–H and O–H groups in total. The van der Waals surface area contributed by atoms with Crippen LogP contribution < -0.4 is 15.4 Å². The number of thiazole rings is 1. The van der Waals surface area contributed by atoms with Crippen molar-refractivity contribution in [1.82, 2.24) is 15.2 Å². The molecule has 3 aromatic rings. The number of likely N-dealkylation sites (tertiary alicyclic amines) is 1. The van der Waals surface area contributed by atoms with Gasteiger partial charge in [-0.15, -0.1) is 11.3 Å².